The number of sulfonamides is 1. The van der Waals surface area contributed by atoms with Gasteiger partial charge < -0.3 is 10.1 Å². The molecule has 0 saturated heterocycles. The molecule has 1 rings (SSSR count). The zero-order chi connectivity index (χ0) is 16.0. The first-order valence-corrected chi connectivity index (χ1v) is 8.33. The molecule has 0 aliphatic heterocycles. The molecule has 7 heteroatoms. The molecule has 0 spiro atoms. The van der Waals surface area contributed by atoms with Crippen molar-refractivity contribution in [2.24, 2.45) is 5.92 Å². The molecule has 1 atom stereocenters. The molecule has 0 bridgehead atoms. The standard InChI is InChI=1S/C14H22N2O4S/c1-10(2)14(17)15-12-5-7-13(8-6-12)16-21(18,19)9-11(3)20-4/h5-8,10-11,16H,9H2,1-4H3,(H,15,17)/t11-/m0/s1. The van der Waals surface area contributed by atoms with Crippen molar-refractivity contribution in [3.8, 4) is 0 Å². The Morgan fingerprint density at radius 1 is 1.14 bits per heavy atom. The second-order valence-corrected chi connectivity index (χ2v) is 6.92. The molecule has 0 aromatic heterocycles. The summed E-state index contributed by atoms with van der Waals surface area (Å²) in [6.45, 7) is 5.29. The predicted octanol–water partition coefficient (Wildman–Crippen LogP) is 2.06. The summed E-state index contributed by atoms with van der Waals surface area (Å²) in [5, 5.41) is 2.74. The predicted molar refractivity (Wildman–Crippen MR) is 83.8 cm³/mol. The molecule has 0 radical (unpaired) electrons. The van der Waals surface area contributed by atoms with E-state index in [1.807, 2.05) is 0 Å². The average molecular weight is 314 g/mol. The molecule has 1 aromatic carbocycles. The average Bonchev–Trinajstić information content (AvgIpc) is 2.39. The van der Waals surface area contributed by atoms with Crippen molar-refractivity contribution in [2.45, 2.75) is 26.9 Å². The lowest BCUT2D eigenvalue weighted by Gasteiger charge is -2.13. The lowest BCUT2D eigenvalue weighted by Crippen LogP contribution is -2.25. The highest BCUT2D eigenvalue weighted by Gasteiger charge is 2.15. The van der Waals surface area contributed by atoms with Crippen LogP contribution < -0.4 is 10.0 Å². The van der Waals surface area contributed by atoms with Crippen LogP contribution in [0, 0.1) is 5.92 Å². The maximum absolute atomic E-state index is 11.9. The Kier molecular flexibility index (Phi) is 6.17. The number of hydrogen-bond donors (Lipinski definition) is 2. The second kappa shape index (κ2) is 7.42. The number of amides is 1. The summed E-state index contributed by atoms with van der Waals surface area (Å²) in [5.74, 6) is -0.314. The quantitative estimate of drug-likeness (QED) is 0.807. The van der Waals surface area contributed by atoms with E-state index in [1.54, 1.807) is 45.0 Å². The monoisotopic (exact) mass is 314 g/mol. The van der Waals surface area contributed by atoms with Gasteiger partial charge >= 0.3 is 0 Å². The largest absolute Gasteiger partial charge is 0.381 e. The van der Waals surface area contributed by atoms with Gasteiger partial charge in [-0.25, -0.2) is 8.42 Å². The highest BCUT2D eigenvalue weighted by Crippen LogP contribution is 2.16. The van der Waals surface area contributed by atoms with Crippen molar-refractivity contribution in [1.29, 1.82) is 0 Å². The van der Waals surface area contributed by atoms with Gasteiger partial charge in [0.15, 0.2) is 0 Å². The van der Waals surface area contributed by atoms with Gasteiger partial charge in [-0.2, -0.15) is 0 Å². The van der Waals surface area contributed by atoms with E-state index in [4.69, 9.17) is 4.74 Å². The fourth-order valence-electron chi connectivity index (χ4n) is 1.51. The fourth-order valence-corrected chi connectivity index (χ4v) is 2.84. The van der Waals surface area contributed by atoms with Crippen LogP contribution in [-0.4, -0.2) is 33.3 Å². The minimum atomic E-state index is -3.46. The molecule has 6 nitrogen and oxygen atoms in total. The molecular weight excluding hydrogens is 292 g/mol. The van der Waals surface area contributed by atoms with Crippen LogP contribution in [0.2, 0.25) is 0 Å². The lowest BCUT2D eigenvalue weighted by molar-refractivity contribution is -0.118. The van der Waals surface area contributed by atoms with E-state index >= 15 is 0 Å². The van der Waals surface area contributed by atoms with Gasteiger partial charge in [-0.3, -0.25) is 9.52 Å². The first-order chi connectivity index (χ1) is 9.73. The third-order valence-electron chi connectivity index (χ3n) is 2.81. The smallest absolute Gasteiger partial charge is 0.235 e. The van der Waals surface area contributed by atoms with E-state index in [2.05, 4.69) is 10.0 Å². The maximum atomic E-state index is 11.9. The van der Waals surface area contributed by atoms with Gasteiger partial charge in [-0.1, -0.05) is 13.8 Å². The third-order valence-corrected chi connectivity index (χ3v) is 4.26. The first-order valence-electron chi connectivity index (χ1n) is 6.67. The Bertz CT molecular complexity index is 567. The SMILES string of the molecule is CO[C@@H](C)CS(=O)(=O)Nc1ccc(NC(=O)C(C)C)cc1. The molecule has 21 heavy (non-hydrogen) atoms. The highest BCUT2D eigenvalue weighted by molar-refractivity contribution is 7.92. The topological polar surface area (TPSA) is 84.5 Å². The lowest BCUT2D eigenvalue weighted by atomic mass is 10.2. The molecule has 1 amide bonds. The van der Waals surface area contributed by atoms with E-state index in [-0.39, 0.29) is 23.7 Å². The molecule has 0 heterocycles. The van der Waals surface area contributed by atoms with Gasteiger partial charge in [0.1, 0.15) is 0 Å². The summed E-state index contributed by atoms with van der Waals surface area (Å²) >= 11 is 0. The summed E-state index contributed by atoms with van der Waals surface area (Å²) in [5.41, 5.74) is 1.07. The summed E-state index contributed by atoms with van der Waals surface area (Å²) < 4.78 is 31.1. The number of methoxy groups -OCH3 is 1. The van der Waals surface area contributed by atoms with E-state index in [1.165, 1.54) is 7.11 Å². The van der Waals surface area contributed by atoms with Crippen LogP contribution in [0.3, 0.4) is 0 Å². The van der Waals surface area contributed by atoms with Crippen molar-refractivity contribution in [3.63, 3.8) is 0 Å². The molecule has 0 unspecified atom stereocenters. The van der Waals surface area contributed by atoms with Crippen LogP contribution in [-0.2, 0) is 19.6 Å². The Balaban J connectivity index is 2.68. The highest BCUT2D eigenvalue weighted by atomic mass is 32.2. The zero-order valence-electron chi connectivity index (χ0n) is 12.7. The van der Waals surface area contributed by atoms with Crippen molar-refractivity contribution in [3.05, 3.63) is 24.3 Å². The minimum absolute atomic E-state index is 0.0859. The molecule has 0 saturated carbocycles. The van der Waals surface area contributed by atoms with Crippen molar-refractivity contribution in [2.75, 3.05) is 22.9 Å². The Morgan fingerprint density at radius 2 is 1.67 bits per heavy atom. The number of nitrogens with one attached hydrogen (secondary N) is 2. The van der Waals surface area contributed by atoms with Gasteiger partial charge in [0.05, 0.1) is 11.9 Å². The number of carbonyl (C=O) groups excluding carboxylic acids is 1. The second-order valence-electron chi connectivity index (χ2n) is 5.15. The summed E-state index contributed by atoms with van der Waals surface area (Å²) in [6, 6.07) is 6.51. The number of carbonyl (C=O) groups is 1. The Labute approximate surface area is 125 Å². The molecule has 1 aromatic rings. The Hall–Kier alpha value is -1.60. The molecule has 0 aliphatic carbocycles. The van der Waals surface area contributed by atoms with Crippen LogP contribution >= 0.6 is 0 Å². The van der Waals surface area contributed by atoms with Crippen LogP contribution in [0.5, 0.6) is 0 Å². The van der Waals surface area contributed by atoms with Crippen LogP contribution in [0.1, 0.15) is 20.8 Å². The third kappa shape index (κ3) is 6.14. The molecule has 0 aliphatic rings. The number of anilines is 2. The Morgan fingerprint density at radius 3 is 2.14 bits per heavy atom. The maximum Gasteiger partial charge on any atom is 0.235 e. The van der Waals surface area contributed by atoms with Gasteiger partial charge in [0.2, 0.25) is 15.9 Å². The van der Waals surface area contributed by atoms with E-state index in [0.717, 1.165) is 0 Å². The molecule has 118 valence electrons. The van der Waals surface area contributed by atoms with Crippen LogP contribution in [0.25, 0.3) is 0 Å². The van der Waals surface area contributed by atoms with Crippen molar-refractivity contribution >= 4 is 27.3 Å². The molecule has 2 N–H and O–H groups in total. The summed E-state index contributed by atoms with van der Waals surface area (Å²) in [7, 11) is -1.99. The van der Waals surface area contributed by atoms with Crippen LogP contribution in [0.4, 0.5) is 11.4 Å². The summed E-state index contributed by atoms with van der Waals surface area (Å²) in [4.78, 5) is 11.5. The number of rotatable bonds is 7. The number of hydrogen-bond acceptors (Lipinski definition) is 4. The molecule has 0 fully saturated rings. The van der Waals surface area contributed by atoms with Gasteiger partial charge in [-0.15, -0.1) is 0 Å². The van der Waals surface area contributed by atoms with E-state index in [9.17, 15) is 13.2 Å². The molecular formula is C14H22N2O4S. The van der Waals surface area contributed by atoms with Gasteiger partial charge in [-0.05, 0) is 31.2 Å². The number of ether oxygens (including phenoxy) is 1. The number of benzene rings is 1. The van der Waals surface area contributed by atoms with Crippen molar-refractivity contribution < 1.29 is 17.9 Å². The summed E-state index contributed by atoms with van der Waals surface area (Å²) in [6.07, 6.45) is -0.382. The fraction of sp³-hybridized carbons (Fsp3) is 0.500. The van der Waals surface area contributed by atoms with Crippen LogP contribution in [0.15, 0.2) is 24.3 Å². The van der Waals surface area contributed by atoms with Gasteiger partial charge in [0.25, 0.3) is 0 Å². The van der Waals surface area contributed by atoms with Gasteiger partial charge in [0, 0.05) is 24.4 Å². The normalized spacial score (nSPS) is 13.0. The van der Waals surface area contributed by atoms with E-state index in [0.29, 0.717) is 11.4 Å². The van der Waals surface area contributed by atoms with Crippen molar-refractivity contribution in [1.82, 2.24) is 0 Å². The minimum Gasteiger partial charge on any atom is -0.381 e. The zero-order valence-corrected chi connectivity index (χ0v) is 13.5. The first kappa shape index (κ1) is 17.5. The van der Waals surface area contributed by atoms with E-state index < -0.39 is 10.0 Å².